The molecule has 0 unspecified atom stereocenters. The van der Waals surface area contributed by atoms with Crippen LogP contribution in [0.15, 0.2) is 46.3 Å². The molecular formula is C13H14N2OS. The number of thioether (sulfide) groups is 1. The number of rotatable bonds is 4. The molecule has 1 aromatic heterocycles. The molecule has 2 aromatic rings. The van der Waals surface area contributed by atoms with E-state index in [9.17, 15) is 4.79 Å². The van der Waals surface area contributed by atoms with E-state index in [0.29, 0.717) is 5.16 Å². The fraction of sp³-hybridized carbons (Fsp3) is 0.231. The fourth-order valence-corrected chi connectivity index (χ4v) is 2.31. The summed E-state index contributed by atoms with van der Waals surface area (Å²) < 4.78 is 0. The average Bonchev–Trinajstić information content (AvgIpc) is 2.37. The Morgan fingerprint density at radius 1 is 1.29 bits per heavy atom. The van der Waals surface area contributed by atoms with Gasteiger partial charge in [-0.2, -0.15) is 0 Å². The van der Waals surface area contributed by atoms with E-state index in [-0.39, 0.29) is 5.56 Å². The van der Waals surface area contributed by atoms with E-state index < -0.39 is 0 Å². The van der Waals surface area contributed by atoms with Crippen molar-refractivity contribution in [1.82, 2.24) is 9.97 Å². The van der Waals surface area contributed by atoms with Gasteiger partial charge in [-0.3, -0.25) is 4.79 Å². The predicted molar refractivity (Wildman–Crippen MR) is 70.2 cm³/mol. The second-order valence-corrected chi connectivity index (χ2v) is 4.63. The Hall–Kier alpha value is -1.55. The topological polar surface area (TPSA) is 45.8 Å². The summed E-state index contributed by atoms with van der Waals surface area (Å²) in [5.74, 6) is 0.816. The van der Waals surface area contributed by atoms with Crippen molar-refractivity contribution < 1.29 is 0 Å². The molecule has 1 aromatic carbocycles. The third kappa shape index (κ3) is 3.46. The molecular weight excluding hydrogens is 232 g/mol. The lowest BCUT2D eigenvalue weighted by Crippen LogP contribution is -2.09. The average molecular weight is 246 g/mol. The largest absolute Gasteiger partial charge is 0.301 e. The molecule has 0 aliphatic rings. The van der Waals surface area contributed by atoms with Gasteiger partial charge >= 0.3 is 0 Å². The van der Waals surface area contributed by atoms with Crippen LogP contribution in [0.4, 0.5) is 0 Å². The van der Waals surface area contributed by atoms with E-state index in [1.165, 1.54) is 5.56 Å². The first-order chi connectivity index (χ1) is 8.28. The second kappa shape index (κ2) is 5.68. The Bertz CT molecular complexity index is 537. The summed E-state index contributed by atoms with van der Waals surface area (Å²) in [7, 11) is 0. The van der Waals surface area contributed by atoms with E-state index in [2.05, 4.69) is 22.1 Å². The number of aromatic nitrogens is 2. The van der Waals surface area contributed by atoms with Gasteiger partial charge in [0.25, 0.3) is 5.56 Å². The Morgan fingerprint density at radius 2 is 2.06 bits per heavy atom. The molecule has 0 bridgehead atoms. The number of H-pyrrole nitrogens is 1. The number of aromatic amines is 1. The first kappa shape index (κ1) is 11.9. The zero-order chi connectivity index (χ0) is 12.1. The molecule has 0 amide bonds. The zero-order valence-electron chi connectivity index (χ0n) is 9.64. The quantitative estimate of drug-likeness (QED) is 0.666. The number of hydrogen-bond donors (Lipinski definition) is 1. The maximum Gasteiger partial charge on any atom is 0.251 e. The minimum absolute atomic E-state index is 0.0765. The normalized spacial score (nSPS) is 10.4. The smallest absolute Gasteiger partial charge is 0.251 e. The first-order valence-electron chi connectivity index (χ1n) is 5.55. The van der Waals surface area contributed by atoms with Crippen LogP contribution in [0.1, 0.15) is 18.2 Å². The minimum atomic E-state index is -0.0765. The van der Waals surface area contributed by atoms with Gasteiger partial charge in [-0.1, -0.05) is 49.0 Å². The third-order valence-corrected chi connectivity index (χ3v) is 3.30. The van der Waals surface area contributed by atoms with Crippen LogP contribution >= 0.6 is 11.8 Å². The highest BCUT2D eigenvalue weighted by molar-refractivity contribution is 7.98. The molecule has 1 heterocycles. The van der Waals surface area contributed by atoms with Crippen LogP contribution in [0.3, 0.4) is 0 Å². The Labute approximate surface area is 104 Å². The van der Waals surface area contributed by atoms with Crippen LogP contribution in [0.2, 0.25) is 0 Å². The van der Waals surface area contributed by atoms with E-state index in [4.69, 9.17) is 0 Å². The van der Waals surface area contributed by atoms with Crippen molar-refractivity contribution >= 4 is 11.8 Å². The molecule has 0 saturated carbocycles. The molecule has 0 saturated heterocycles. The molecule has 17 heavy (non-hydrogen) atoms. The molecule has 0 fully saturated rings. The van der Waals surface area contributed by atoms with Crippen LogP contribution in [0.25, 0.3) is 0 Å². The third-order valence-electron chi connectivity index (χ3n) is 2.35. The highest BCUT2D eigenvalue weighted by Crippen LogP contribution is 2.17. The predicted octanol–water partition coefficient (Wildman–Crippen LogP) is 2.62. The minimum Gasteiger partial charge on any atom is -0.301 e. The van der Waals surface area contributed by atoms with Gasteiger partial charge in [0.1, 0.15) is 0 Å². The van der Waals surface area contributed by atoms with Crippen molar-refractivity contribution in [3.05, 3.63) is 58.0 Å². The number of aryl methyl sites for hydroxylation is 1. The maximum absolute atomic E-state index is 11.4. The van der Waals surface area contributed by atoms with Crippen LogP contribution < -0.4 is 5.56 Å². The monoisotopic (exact) mass is 246 g/mol. The van der Waals surface area contributed by atoms with Gasteiger partial charge in [0.05, 0.1) is 0 Å². The second-order valence-electron chi connectivity index (χ2n) is 3.67. The van der Waals surface area contributed by atoms with Crippen molar-refractivity contribution in [1.29, 1.82) is 0 Å². The number of benzene rings is 1. The fourth-order valence-electron chi connectivity index (χ4n) is 1.46. The van der Waals surface area contributed by atoms with Crippen LogP contribution in [-0.2, 0) is 12.2 Å². The van der Waals surface area contributed by atoms with Crippen molar-refractivity contribution in [2.45, 2.75) is 24.3 Å². The van der Waals surface area contributed by atoms with Crippen LogP contribution in [0, 0.1) is 0 Å². The molecule has 3 nitrogen and oxygen atoms in total. The van der Waals surface area contributed by atoms with Gasteiger partial charge in [-0.15, -0.1) is 0 Å². The SMILES string of the molecule is CCc1cc(=O)[nH]c(SCc2ccccc2)n1. The first-order valence-corrected chi connectivity index (χ1v) is 6.53. The highest BCUT2D eigenvalue weighted by atomic mass is 32.2. The molecule has 0 atom stereocenters. The molecule has 0 aliphatic heterocycles. The Balaban J connectivity index is 2.09. The molecule has 88 valence electrons. The zero-order valence-corrected chi connectivity index (χ0v) is 10.5. The number of nitrogens with one attached hydrogen (secondary N) is 1. The molecule has 0 spiro atoms. The van der Waals surface area contributed by atoms with E-state index >= 15 is 0 Å². The lowest BCUT2D eigenvalue weighted by atomic mass is 10.2. The highest BCUT2D eigenvalue weighted by Gasteiger charge is 2.01. The van der Waals surface area contributed by atoms with E-state index in [1.54, 1.807) is 17.8 Å². The van der Waals surface area contributed by atoms with Gasteiger partial charge in [0, 0.05) is 17.5 Å². The number of hydrogen-bond acceptors (Lipinski definition) is 3. The maximum atomic E-state index is 11.4. The molecule has 1 N–H and O–H groups in total. The van der Waals surface area contributed by atoms with Gasteiger partial charge in [-0.05, 0) is 12.0 Å². The summed E-state index contributed by atoms with van der Waals surface area (Å²) in [5, 5.41) is 0.693. The summed E-state index contributed by atoms with van der Waals surface area (Å²) >= 11 is 1.55. The molecule has 4 heteroatoms. The van der Waals surface area contributed by atoms with Crippen LogP contribution in [-0.4, -0.2) is 9.97 Å². The van der Waals surface area contributed by atoms with Crippen molar-refractivity contribution in [2.75, 3.05) is 0 Å². The Kier molecular flexibility index (Phi) is 3.98. The molecule has 2 rings (SSSR count). The van der Waals surface area contributed by atoms with E-state index in [0.717, 1.165) is 17.9 Å². The van der Waals surface area contributed by atoms with Crippen molar-refractivity contribution in [2.24, 2.45) is 0 Å². The van der Waals surface area contributed by atoms with E-state index in [1.807, 2.05) is 25.1 Å². The van der Waals surface area contributed by atoms with Crippen molar-refractivity contribution in [3.8, 4) is 0 Å². The summed E-state index contributed by atoms with van der Waals surface area (Å²) in [4.78, 5) is 18.5. The standard InChI is InChI=1S/C13H14N2OS/c1-2-11-8-12(16)15-13(14-11)17-9-10-6-4-3-5-7-10/h3-8H,2,9H2,1H3,(H,14,15,16). The number of nitrogens with zero attached hydrogens (tertiary/aromatic N) is 1. The summed E-state index contributed by atoms with van der Waals surface area (Å²) in [6.07, 6.45) is 0.781. The van der Waals surface area contributed by atoms with Gasteiger partial charge in [0.2, 0.25) is 0 Å². The molecule has 0 radical (unpaired) electrons. The summed E-state index contributed by atoms with van der Waals surface area (Å²) in [5.41, 5.74) is 1.98. The molecule has 0 aliphatic carbocycles. The summed E-state index contributed by atoms with van der Waals surface area (Å²) in [6.45, 7) is 1.99. The lowest BCUT2D eigenvalue weighted by molar-refractivity contribution is 0.868. The Morgan fingerprint density at radius 3 is 2.76 bits per heavy atom. The lowest BCUT2D eigenvalue weighted by Gasteiger charge is -2.02. The van der Waals surface area contributed by atoms with Gasteiger partial charge < -0.3 is 4.98 Å². The summed E-state index contributed by atoms with van der Waals surface area (Å²) in [6, 6.07) is 11.7. The van der Waals surface area contributed by atoms with Gasteiger partial charge in [0.15, 0.2) is 5.16 Å². The van der Waals surface area contributed by atoms with Crippen molar-refractivity contribution in [3.63, 3.8) is 0 Å². The van der Waals surface area contributed by atoms with Crippen LogP contribution in [0.5, 0.6) is 0 Å². The van der Waals surface area contributed by atoms with Gasteiger partial charge in [-0.25, -0.2) is 4.98 Å².